The number of rotatable bonds is 2. The van der Waals surface area contributed by atoms with Crippen molar-refractivity contribution in [2.24, 2.45) is 0 Å². The second-order valence-corrected chi connectivity index (χ2v) is 7.17. The van der Waals surface area contributed by atoms with Crippen LogP contribution in [0.1, 0.15) is 52.9 Å². The van der Waals surface area contributed by atoms with E-state index in [1.165, 1.54) is 6.92 Å². The number of piperazine rings is 1. The molecule has 1 N–H and O–H groups in total. The molecule has 0 spiro atoms. The molecule has 28 heavy (non-hydrogen) atoms. The van der Waals surface area contributed by atoms with Crippen LogP contribution in [0.5, 0.6) is 0 Å². The SMILES string of the molecule is Cc1nc2c(c(C(F)(F)F)n1)CC(c1nc(C3CNCCN3C)no1)CC2.Cl. The molecule has 2 aliphatic rings. The Hall–Kier alpha value is -1.78. The van der Waals surface area contributed by atoms with E-state index < -0.39 is 11.9 Å². The van der Waals surface area contributed by atoms with Crippen LogP contribution in [0.4, 0.5) is 13.2 Å². The Labute approximate surface area is 166 Å². The molecule has 7 nitrogen and oxygen atoms in total. The summed E-state index contributed by atoms with van der Waals surface area (Å²) in [7, 11) is 1.99. The number of hydrogen-bond donors (Lipinski definition) is 1. The lowest BCUT2D eigenvalue weighted by Gasteiger charge is -2.30. The number of nitrogens with zero attached hydrogens (tertiary/aromatic N) is 5. The number of hydrogen-bond acceptors (Lipinski definition) is 7. The molecule has 154 valence electrons. The van der Waals surface area contributed by atoms with Crippen LogP contribution in [0.3, 0.4) is 0 Å². The minimum Gasteiger partial charge on any atom is -0.339 e. The van der Waals surface area contributed by atoms with Gasteiger partial charge in [0.15, 0.2) is 11.5 Å². The van der Waals surface area contributed by atoms with Crippen LogP contribution < -0.4 is 5.32 Å². The second kappa shape index (κ2) is 7.92. The average molecular weight is 419 g/mol. The first kappa shape index (κ1) is 20.9. The van der Waals surface area contributed by atoms with E-state index in [1.807, 2.05) is 7.05 Å². The molecule has 4 rings (SSSR count). The van der Waals surface area contributed by atoms with Gasteiger partial charge < -0.3 is 9.84 Å². The predicted molar refractivity (Wildman–Crippen MR) is 96.3 cm³/mol. The Morgan fingerprint density at radius 1 is 1.21 bits per heavy atom. The number of aryl methyl sites for hydroxylation is 2. The van der Waals surface area contributed by atoms with Gasteiger partial charge in [-0.1, -0.05) is 5.16 Å². The largest absolute Gasteiger partial charge is 0.433 e. The van der Waals surface area contributed by atoms with Crippen LogP contribution in [-0.2, 0) is 19.0 Å². The highest BCUT2D eigenvalue weighted by Crippen LogP contribution is 2.38. The molecular formula is C17H22ClF3N6O. The first-order valence-corrected chi connectivity index (χ1v) is 9.01. The standard InChI is InChI=1S/C17H21F3N6O.ClH/c1-9-22-12-4-3-10(7-11(12)14(23-9)17(18,19)20)16-24-15(25-27-16)13-8-21-5-6-26(13)2;/h10,13,21H,3-8H2,1-2H3;1H. The summed E-state index contributed by atoms with van der Waals surface area (Å²) in [6, 6.07) is 0.00356. The third kappa shape index (κ3) is 3.99. The summed E-state index contributed by atoms with van der Waals surface area (Å²) in [5.74, 6) is 0.852. The summed E-state index contributed by atoms with van der Waals surface area (Å²) in [5.41, 5.74) is -0.215. The van der Waals surface area contributed by atoms with E-state index in [0.29, 0.717) is 36.8 Å². The number of alkyl halides is 3. The normalized spacial score (nSPS) is 23.2. The van der Waals surface area contributed by atoms with Gasteiger partial charge in [-0.3, -0.25) is 4.90 Å². The molecule has 11 heteroatoms. The lowest BCUT2D eigenvalue weighted by Crippen LogP contribution is -2.44. The van der Waals surface area contributed by atoms with Crippen molar-refractivity contribution in [1.82, 2.24) is 30.3 Å². The summed E-state index contributed by atoms with van der Waals surface area (Å²) in [6.07, 6.45) is -3.28. The number of nitrogens with one attached hydrogen (secondary N) is 1. The maximum Gasteiger partial charge on any atom is 0.433 e. The third-order valence-electron chi connectivity index (χ3n) is 5.27. The highest BCUT2D eigenvalue weighted by Gasteiger charge is 2.40. The minimum absolute atomic E-state index is 0. The van der Waals surface area contributed by atoms with E-state index in [4.69, 9.17) is 4.52 Å². The van der Waals surface area contributed by atoms with Crippen molar-refractivity contribution >= 4 is 12.4 Å². The summed E-state index contributed by atoms with van der Waals surface area (Å²) >= 11 is 0. The summed E-state index contributed by atoms with van der Waals surface area (Å²) in [4.78, 5) is 14.5. The van der Waals surface area contributed by atoms with Crippen LogP contribution in [0, 0.1) is 6.92 Å². The lowest BCUT2D eigenvalue weighted by atomic mass is 9.85. The molecule has 2 atom stereocenters. The molecule has 2 aromatic heterocycles. The van der Waals surface area contributed by atoms with E-state index in [9.17, 15) is 13.2 Å². The zero-order valence-electron chi connectivity index (χ0n) is 15.6. The van der Waals surface area contributed by atoms with Crippen LogP contribution in [0.2, 0.25) is 0 Å². The Morgan fingerprint density at radius 3 is 2.71 bits per heavy atom. The number of halogens is 4. The average Bonchev–Trinajstić information content (AvgIpc) is 3.10. The summed E-state index contributed by atoms with van der Waals surface area (Å²) in [6.45, 7) is 3.97. The fourth-order valence-electron chi connectivity index (χ4n) is 3.82. The van der Waals surface area contributed by atoms with Crippen molar-refractivity contribution < 1.29 is 17.7 Å². The lowest BCUT2D eigenvalue weighted by molar-refractivity contribution is -0.142. The molecule has 2 unspecified atom stereocenters. The van der Waals surface area contributed by atoms with E-state index in [2.05, 4.69) is 30.3 Å². The summed E-state index contributed by atoms with van der Waals surface area (Å²) < 4.78 is 45.7. The molecule has 0 saturated carbocycles. The molecule has 0 amide bonds. The molecule has 3 heterocycles. The summed E-state index contributed by atoms with van der Waals surface area (Å²) in [5, 5.41) is 7.38. The van der Waals surface area contributed by atoms with E-state index >= 15 is 0 Å². The van der Waals surface area contributed by atoms with E-state index in [-0.39, 0.29) is 42.2 Å². The topological polar surface area (TPSA) is 80.0 Å². The monoisotopic (exact) mass is 418 g/mol. The van der Waals surface area contributed by atoms with Crippen molar-refractivity contribution in [2.75, 3.05) is 26.7 Å². The van der Waals surface area contributed by atoms with Gasteiger partial charge >= 0.3 is 6.18 Å². The first-order valence-electron chi connectivity index (χ1n) is 9.01. The van der Waals surface area contributed by atoms with Gasteiger partial charge in [-0.15, -0.1) is 12.4 Å². The molecule has 0 bridgehead atoms. The smallest absolute Gasteiger partial charge is 0.339 e. The highest BCUT2D eigenvalue weighted by atomic mass is 35.5. The van der Waals surface area contributed by atoms with Crippen LogP contribution in [0.25, 0.3) is 0 Å². The van der Waals surface area contributed by atoms with E-state index in [0.717, 1.165) is 13.1 Å². The van der Waals surface area contributed by atoms with Crippen molar-refractivity contribution in [2.45, 2.75) is 44.3 Å². The Balaban J connectivity index is 0.00000225. The molecule has 1 saturated heterocycles. The second-order valence-electron chi connectivity index (χ2n) is 7.17. The van der Waals surface area contributed by atoms with Crippen LogP contribution in [-0.4, -0.2) is 51.7 Å². The van der Waals surface area contributed by atoms with Crippen LogP contribution in [0.15, 0.2) is 4.52 Å². The maximum absolute atomic E-state index is 13.4. The van der Waals surface area contributed by atoms with Gasteiger partial charge in [-0.2, -0.15) is 18.2 Å². The van der Waals surface area contributed by atoms with Gasteiger partial charge in [0.1, 0.15) is 5.82 Å². The number of aromatic nitrogens is 4. The molecule has 0 radical (unpaired) electrons. The Morgan fingerprint density at radius 2 is 2.00 bits per heavy atom. The van der Waals surface area contributed by atoms with Crippen molar-refractivity contribution in [3.8, 4) is 0 Å². The van der Waals surface area contributed by atoms with Gasteiger partial charge in [-0.05, 0) is 33.2 Å². The third-order valence-corrected chi connectivity index (χ3v) is 5.27. The molecule has 0 aromatic carbocycles. The van der Waals surface area contributed by atoms with Crippen molar-refractivity contribution in [1.29, 1.82) is 0 Å². The highest BCUT2D eigenvalue weighted by molar-refractivity contribution is 5.85. The zero-order valence-corrected chi connectivity index (χ0v) is 16.4. The van der Waals surface area contributed by atoms with E-state index in [1.54, 1.807) is 0 Å². The van der Waals surface area contributed by atoms with Gasteiger partial charge in [0.2, 0.25) is 5.89 Å². The van der Waals surface area contributed by atoms with Gasteiger partial charge in [0.05, 0.1) is 6.04 Å². The Bertz CT molecular complexity index is 843. The molecule has 2 aromatic rings. The van der Waals surface area contributed by atoms with Crippen molar-refractivity contribution in [3.05, 3.63) is 34.5 Å². The minimum atomic E-state index is -4.50. The molecule has 1 fully saturated rings. The number of fused-ring (bicyclic) bond motifs is 1. The van der Waals surface area contributed by atoms with Gasteiger partial charge in [-0.25, -0.2) is 9.97 Å². The predicted octanol–water partition coefficient (Wildman–Crippen LogP) is 2.46. The fourth-order valence-corrected chi connectivity index (χ4v) is 3.82. The molecule has 1 aliphatic carbocycles. The van der Waals surface area contributed by atoms with Crippen LogP contribution >= 0.6 is 12.4 Å². The fraction of sp³-hybridized carbons (Fsp3) is 0.647. The van der Waals surface area contributed by atoms with Gasteiger partial charge in [0, 0.05) is 36.8 Å². The van der Waals surface area contributed by atoms with Crippen molar-refractivity contribution in [3.63, 3.8) is 0 Å². The number of likely N-dealkylation sites (N-methyl/N-ethyl adjacent to an activating group) is 1. The maximum atomic E-state index is 13.4. The Kier molecular flexibility index (Phi) is 5.92. The zero-order chi connectivity index (χ0) is 19.2. The van der Waals surface area contributed by atoms with Gasteiger partial charge in [0.25, 0.3) is 0 Å². The molecular weight excluding hydrogens is 397 g/mol. The quantitative estimate of drug-likeness (QED) is 0.802. The molecule has 1 aliphatic heterocycles. The first-order chi connectivity index (χ1) is 12.8.